The van der Waals surface area contributed by atoms with Crippen molar-refractivity contribution in [2.45, 2.75) is 83.8 Å². The van der Waals surface area contributed by atoms with Crippen LogP contribution >= 0.6 is 0 Å². The maximum atomic E-state index is 13.6. The number of hydrogen-bond acceptors (Lipinski definition) is 4. The van der Waals surface area contributed by atoms with Gasteiger partial charge in [0.25, 0.3) is 0 Å². The Morgan fingerprint density at radius 3 is 2.27 bits per heavy atom. The van der Waals surface area contributed by atoms with E-state index in [2.05, 4.69) is 5.32 Å². The first-order valence-corrected chi connectivity index (χ1v) is 15.2. The lowest BCUT2D eigenvalue weighted by Crippen LogP contribution is -2.51. The zero-order valence-corrected chi connectivity index (χ0v) is 23.2. The molecule has 0 aromatic heterocycles. The van der Waals surface area contributed by atoms with Gasteiger partial charge in [0.05, 0.1) is 11.9 Å². The van der Waals surface area contributed by atoms with Gasteiger partial charge in [-0.1, -0.05) is 68.7 Å². The van der Waals surface area contributed by atoms with Gasteiger partial charge in [-0.2, -0.15) is 0 Å². The normalized spacial score (nSPS) is 15.1. The minimum absolute atomic E-state index is 0.0987. The monoisotopic (exact) mass is 527 g/mol. The van der Waals surface area contributed by atoms with E-state index in [0.29, 0.717) is 25.1 Å². The quantitative estimate of drug-likeness (QED) is 0.430. The van der Waals surface area contributed by atoms with E-state index in [9.17, 15) is 18.0 Å². The maximum Gasteiger partial charge on any atom is 0.243 e. The second-order valence-corrected chi connectivity index (χ2v) is 11.9. The van der Waals surface area contributed by atoms with Crippen LogP contribution in [0.1, 0.15) is 69.4 Å². The summed E-state index contributed by atoms with van der Waals surface area (Å²) >= 11 is 0. The fraction of sp³-hybridized carbons (Fsp3) is 0.517. The fourth-order valence-electron chi connectivity index (χ4n) is 5.03. The zero-order valence-electron chi connectivity index (χ0n) is 22.4. The van der Waals surface area contributed by atoms with Gasteiger partial charge in [0.1, 0.15) is 6.04 Å². The van der Waals surface area contributed by atoms with E-state index in [0.717, 1.165) is 36.8 Å². The first kappa shape index (κ1) is 28.7. The molecule has 7 nitrogen and oxygen atoms in total. The molecule has 0 unspecified atom stereocenters. The molecule has 1 saturated carbocycles. The van der Waals surface area contributed by atoms with Crippen LogP contribution in [-0.2, 0) is 26.2 Å². The number of nitrogens with one attached hydrogen (secondary N) is 1. The molecule has 1 N–H and O–H groups in total. The summed E-state index contributed by atoms with van der Waals surface area (Å²) in [5.74, 6) is -0.242. The van der Waals surface area contributed by atoms with E-state index in [1.54, 1.807) is 29.2 Å². The van der Waals surface area contributed by atoms with Crippen molar-refractivity contribution in [1.82, 2.24) is 10.2 Å². The molecule has 0 spiro atoms. The summed E-state index contributed by atoms with van der Waals surface area (Å²) in [7, 11) is -3.50. The summed E-state index contributed by atoms with van der Waals surface area (Å²) in [5.41, 5.74) is 2.64. The van der Waals surface area contributed by atoms with Crippen LogP contribution in [0.25, 0.3) is 0 Å². The van der Waals surface area contributed by atoms with Crippen LogP contribution in [0, 0.1) is 6.92 Å². The van der Waals surface area contributed by atoms with E-state index in [4.69, 9.17) is 0 Å². The van der Waals surface area contributed by atoms with Gasteiger partial charge in [0, 0.05) is 25.6 Å². The topological polar surface area (TPSA) is 86.8 Å². The third kappa shape index (κ3) is 8.32. The highest BCUT2D eigenvalue weighted by atomic mass is 32.2. The number of carbonyl (C=O) groups is 2. The Bertz CT molecular complexity index is 1130. The first-order chi connectivity index (χ1) is 17.7. The van der Waals surface area contributed by atoms with Crippen molar-refractivity contribution < 1.29 is 18.0 Å². The molecule has 1 atom stereocenters. The van der Waals surface area contributed by atoms with Gasteiger partial charge in [-0.3, -0.25) is 13.9 Å². The number of benzene rings is 2. The molecule has 0 radical (unpaired) electrons. The second kappa shape index (κ2) is 13.6. The van der Waals surface area contributed by atoms with Crippen molar-refractivity contribution in [3.63, 3.8) is 0 Å². The second-order valence-electron chi connectivity index (χ2n) is 9.99. The molecule has 1 aliphatic rings. The molecule has 3 rings (SSSR count). The number of amides is 2. The van der Waals surface area contributed by atoms with E-state index in [1.807, 2.05) is 44.2 Å². The van der Waals surface area contributed by atoms with E-state index < -0.39 is 16.1 Å². The fourth-order valence-corrected chi connectivity index (χ4v) is 6.00. The average molecular weight is 528 g/mol. The summed E-state index contributed by atoms with van der Waals surface area (Å²) in [5, 5.41) is 3.20. The summed E-state index contributed by atoms with van der Waals surface area (Å²) in [6.45, 7) is 4.48. The molecule has 202 valence electrons. The van der Waals surface area contributed by atoms with E-state index in [-0.39, 0.29) is 30.8 Å². The lowest BCUT2D eigenvalue weighted by atomic mass is 9.95. The summed E-state index contributed by atoms with van der Waals surface area (Å²) in [6.07, 6.45) is 7.59. The van der Waals surface area contributed by atoms with Crippen LogP contribution in [0.2, 0.25) is 0 Å². The smallest absolute Gasteiger partial charge is 0.243 e. The predicted molar refractivity (Wildman–Crippen MR) is 149 cm³/mol. The Hall–Kier alpha value is -2.87. The molecule has 8 heteroatoms. The first-order valence-electron chi connectivity index (χ1n) is 13.4. The summed E-state index contributed by atoms with van der Waals surface area (Å²) < 4.78 is 26.2. The number of aryl methyl sites for hydroxylation is 1. The Labute approximate surface area is 222 Å². The number of para-hydroxylation sites is 1. The number of anilines is 1. The van der Waals surface area contributed by atoms with Crippen molar-refractivity contribution in [3.05, 3.63) is 65.7 Å². The van der Waals surface area contributed by atoms with Crippen molar-refractivity contribution in [2.24, 2.45) is 0 Å². The molecule has 0 saturated heterocycles. The molecule has 37 heavy (non-hydrogen) atoms. The van der Waals surface area contributed by atoms with Crippen LogP contribution in [0.15, 0.2) is 54.6 Å². The highest BCUT2D eigenvalue weighted by Crippen LogP contribution is 2.21. The lowest BCUT2D eigenvalue weighted by molar-refractivity contribution is -0.141. The molecule has 1 fully saturated rings. The van der Waals surface area contributed by atoms with Gasteiger partial charge in [-0.05, 0) is 55.9 Å². The SMILES string of the molecule is CC[C@H](C(=O)NC1CCCCC1)N(Cc1ccccc1C)C(=O)CCCN(c1ccccc1)S(C)(=O)=O. The minimum Gasteiger partial charge on any atom is -0.352 e. The molecular weight excluding hydrogens is 486 g/mol. The Balaban J connectivity index is 1.75. The molecular formula is C29H41N3O4S. The van der Waals surface area contributed by atoms with E-state index in [1.165, 1.54) is 17.0 Å². The van der Waals surface area contributed by atoms with Gasteiger partial charge in [0.15, 0.2) is 0 Å². The summed E-state index contributed by atoms with van der Waals surface area (Å²) in [4.78, 5) is 28.7. The average Bonchev–Trinajstić information content (AvgIpc) is 2.88. The van der Waals surface area contributed by atoms with Gasteiger partial charge in [-0.15, -0.1) is 0 Å². The maximum absolute atomic E-state index is 13.6. The number of carbonyl (C=O) groups excluding carboxylic acids is 2. The molecule has 0 aliphatic heterocycles. The van der Waals surface area contributed by atoms with Gasteiger partial charge < -0.3 is 10.2 Å². The van der Waals surface area contributed by atoms with Crippen molar-refractivity contribution in [1.29, 1.82) is 0 Å². The Kier molecular flexibility index (Phi) is 10.6. The van der Waals surface area contributed by atoms with Crippen LogP contribution in [-0.4, -0.2) is 50.0 Å². The third-order valence-corrected chi connectivity index (χ3v) is 8.33. The van der Waals surface area contributed by atoms with Crippen LogP contribution in [0.3, 0.4) is 0 Å². The van der Waals surface area contributed by atoms with Crippen LogP contribution in [0.5, 0.6) is 0 Å². The molecule has 1 aliphatic carbocycles. The third-order valence-electron chi connectivity index (χ3n) is 7.14. The van der Waals surface area contributed by atoms with Crippen molar-refractivity contribution in [2.75, 3.05) is 17.1 Å². The van der Waals surface area contributed by atoms with Crippen LogP contribution in [0.4, 0.5) is 5.69 Å². The number of hydrogen-bond donors (Lipinski definition) is 1. The number of rotatable bonds is 12. The van der Waals surface area contributed by atoms with Gasteiger partial charge in [0.2, 0.25) is 21.8 Å². The molecule has 2 amide bonds. The molecule has 0 heterocycles. The predicted octanol–water partition coefficient (Wildman–Crippen LogP) is 4.80. The van der Waals surface area contributed by atoms with E-state index >= 15 is 0 Å². The zero-order chi connectivity index (χ0) is 26.8. The van der Waals surface area contributed by atoms with Crippen LogP contribution < -0.4 is 9.62 Å². The van der Waals surface area contributed by atoms with Crippen molar-refractivity contribution in [3.8, 4) is 0 Å². The largest absolute Gasteiger partial charge is 0.352 e. The molecule has 2 aromatic carbocycles. The number of nitrogens with zero attached hydrogens (tertiary/aromatic N) is 2. The lowest BCUT2D eigenvalue weighted by Gasteiger charge is -2.33. The minimum atomic E-state index is -3.50. The standard InChI is InChI=1S/C29H41N3O4S/c1-4-27(29(34)30-25-16-7-5-8-17-25)31(22-24-15-12-11-14-23(24)2)28(33)20-13-21-32(37(3,35)36)26-18-9-6-10-19-26/h6,9-12,14-15,18-19,25,27H,4-5,7-8,13,16-17,20-22H2,1-3H3,(H,30,34)/t27-/m1/s1. The van der Waals surface area contributed by atoms with Crippen molar-refractivity contribution >= 4 is 27.5 Å². The highest BCUT2D eigenvalue weighted by molar-refractivity contribution is 7.92. The number of sulfonamides is 1. The molecule has 2 aromatic rings. The highest BCUT2D eigenvalue weighted by Gasteiger charge is 2.30. The molecule has 0 bridgehead atoms. The van der Waals surface area contributed by atoms with Gasteiger partial charge in [-0.25, -0.2) is 8.42 Å². The Morgan fingerprint density at radius 1 is 1.00 bits per heavy atom. The Morgan fingerprint density at radius 2 is 1.65 bits per heavy atom. The van der Waals surface area contributed by atoms with Gasteiger partial charge >= 0.3 is 0 Å². The summed E-state index contributed by atoms with van der Waals surface area (Å²) in [6, 6.07) is 16.4.